The van der Waals surface area contributed by atoms with Crippen molar-refractivity contribution in [2.45, 2.75) is 25.8 Å². The number of hydroxylamine groups is 2. The molecule has 0 bridgehead atoms. The average Bonchev–Trinajstić information content (AvgIpc) is 1.60. The molecule has 60 valence electrons. The molecule has 0 aliphatic carbocycles. The zero-order chi connectivity index (χ0) is 8.36. The fourth-order valence-electron chi connectivity index (χ4n) is 0.484. The second kappa shape index (κ2) is 2.98. The van der Waals surface area contributed by atoms with Crippen molar-refractivity contribution in [3.63, 3.8) is 0 Å². The molecule has 4 heteroatoms. The van der Waals surface area contributed by atoms with Crippen LogP contribution in [-0.4, -0.2) is 33.9 Å². The zero-order valence-corrected chi connectivity index (χ0v) is 6.46. The first kappa shape index (κ1) is 9.39. The maximum Gasteiger partial charge on any atom is 0.305 e. The van der Waals surface area contributed by atoms with E-state index in [1.54, 1.807) is 13.8 Å². The standard InChI is InChI=1S/C6H13NO3/c1-6(2,7(3)10)4-5(8)9/h10H,4H2,1-3H3,(H,8,9). The molecule has 0 saturated carbocycles. The van der Waals surface area contributed by atoms with Crippen molar-refractivity contribution in [3.8, 4) is 0 Å². The first-order valence-corrected chi connectivity index (χ1v) is 3.01. The van der Waals surface area contributed by atoms with Gasteiger partial charge in [-0.1, -0.05) is 0 Å². The van der Waals surface area contributed by atoms with E-state index in [0.717, 1.165) is 5.06 Å². The van der Waals surface area contributed by atoms with E-state index in [2.05, 4.69) is 0 Å². The number of rotatable bonds is 3. The van der Waals surface area contributed by atoms with Gasteiger partial charge < -0.3 is 10.3 Å². The highest BCUT2D eigenvalue weighted by molar-refractivity contribution is 5.68. The first-order valence-electron chi connectivity index (χ1n) is 3.01. The molecule has 0 fully saturated rings. The topological polar surface area (TPSA) is 60.8 Å². The Bertz CT molecular complexity index is 131. The van der Waals surface area contributed by atoms with Crippen molar-refractivity contribution >= 4 is 5.97 Å². The molecule has 2 N–H and O–H groups in total. The molecule has 0 saturated heterocycles. The number of hydrogen-bond acceptors (Lipinski definition) is 3. The Morgan fingerprint density at radius 1 is 1.60 bits per heavy atom. The summed E-state index contributed by atoms with van der Waals surface area (Å²) < 4.78 is 0. The highest BCUT2D eigenvalue weighted by Gasteiger charge is 2.25. The van der Waals surface area contributed by atoms with E-state index in [-0.39, 0.29) is 6.42 Å². The Labute approximate surface area is 60.0 Å². The molecule has 0 spiro atoms. The summed E-state index contributed by atoms with van der Waals surface area (Å²) in [6.07, 6.45) is -0.0694. The minimum atomic E-state index is -0.911. The van der Waals surface area contributed by atoms with Gasteiger partial charge in [0.25, 0.3) is 0 Å². The zero-order valence-electron chi connectivity index (χ0n) is 6.46. The molecule has 0 heterocycles. The summed E-state index contributed by atoms with van der Waals surface area (Å²) in [7, 11) is 1.43. The van der Waals surface area contributed by atoms with Gasteiger partial charge in [-0.3, -0.25) is 4.79 Å². The van der Waals surface area contributed by atoms with E-state index in [1.807, 2.05) is 0 Å². The van der Waals surface area contributed by atoms with E-state index in [1.165, 1.54) is 7.05 Å². The molecule has 10 heavy (non-hydrogen) atoms. The monoisotopic (exact) mass is 147 g/mol. The molecule has 0 aromatic carbocycles. The van der Waals surface area contributed by atoms with E-state index >= 15 is 0 Å². The van der Waals surface area contributed by atoms with Crippen LogP contribution >= 0.6 is 0 Å². The highest BCUT2D eigenvalue weighted by Crippen LogP contribution is 2.13. The molecule has 0 aromatic heterocycles. The van der Waals surface area contributed by atoms with E-state index in [9.17, 15) is 4.79 Å². The number of carbonyl (C=O) groups is 1. The third kappa shape index (κ3) is 2.80. The Kier molecular flexibility index (Phi) is 2.80. The Morgan fingerprint density at radius 3 is 2.10 bits per heavy atom. The molecule has 4 nitrogen and oxygen atoms in total. The SMILES string of the molecule is CN(O)C(C)(C)CC(=O)O. The second-order valence-corrected chi connectivity index (χ2v) is 2.91. The number of nitrogens with zero attached hydrogens (tertiary/aromatic N) is 1. The lowest BCUT2D eigenvalue weighted by Gasteiger charge is -2.28. The van der Waals surface area contributed by atoms with Crippen LogP contribution < -0.4 is 0 Å². The van der Waals surface area contributed by atoms with E-state index in [0.29, 0.717) is 0 Å². The van der Waals surface area contributed by atoms with Crippen molar-refractivity contribution in [2.24, 2.45) is 0 Å². The summed E-state index contributed by atoms with van der Waals surface area (Å²) in [6.45, 7) is 3.31. The predicted molar refractivity (Wildman–Crippen MR) is 35.9 cm³/mol. The largest absolute Gasteiger partial charge is 0.481 e. The lowest BCUT2D eigenvalue weighted by Crippen LogP contribution is -2.40. The summed E-state index contributed by atoms with van der Waals surface area (Å²) in [5.41, 5.74) is -0.689. The van der Waals surface area contributed by atoms with Crippen LogP contribution in [0.4, 0.5) is 0 Å². The fourth-order valence-corrected chi connectivity index (χ4v) is 0.484. The minimum absolute atomic E-state index is 0.0694. The number of aliphatic carboxylic acids is 1. The van der Waals surface area contributed by atoms with Gasteiger partial charge in [-0.25, -0.2) is 0 Å². The van der Waals surface area contributed by atoms with Crippen molar-refractivity contribution in [1.29, 1.82) is 0 Å². The van der Waals surface area contributed by atoms with E-state index in [4.69, 9.17) is 10.3 Å². The smallest absolute Gasteiger partial charge is 0.305 e. The second-order valence-electron chi connectivity index (χ2n) is 2.91. The molecule has 0 radical (unpaired) electrons. The van der Waals surface area contributed by atoms with Gasteiger partial charge in [-0.15, -0.1) is 0 Å². The van der Waals surface area contributed by atoms with Crippen LogP contribution in [0.5, 0.6) is 0 Å². The van der Waals surface area contributed by atoms with Gasteiger partial charge in [0.1, 0.15) is 0 Å². The molecule has 0 rings (SSSR count). The van der Waals surface area contributed by atoms with Crippen molar-refractivity contribution in [2.75, 3.05) is 7.05 Å². The van der Waals surface area contributed by atoms with Gasteiger partial charge in [-0.2, -0.15) is 5.06 Å². The van der Waals surface area contributed by atoms with Crippen LogP contribution in [0.2, 0.25) is 0 Å². The molecular weight excluding hydrogens is 134 g/mol. The molecular formula is C6H13NO3. The van der Waals surface area contributed by atoms with Crippen LogP contribution in [0.3, 0.4) is 0 Å². The first-order chi connectivity index (χ1) is 4.36. The Balaban J connectivity index is 3.99. The summed E-state index contributed by atoms with van der Waals surface area (Å²) in [4.78, 5) is 10.2. The lowest BCUT2D eigenvalue weighted by molar-refractivity contribution is -0.161. The fraction of sp³-hybridized carbons (Fsp3) is 0.833. The van der Waals surface area contributed by atoms with Crippen LogP contribution in [0.25, 0.3) is 0 Å². The van der Waals surface area contributed by atoms with Gasteiger partial charge in [0.2, 0.25) is 0 Å². The summed E-state index contributed by atoms with van der Waals surface area (Å²) in [5.74, 6) is -0.911. The number of hydrogen-bond donors (Lipinski definition) is 2. The van der Waals surface area contributed by atoms with Gasteiger partial charge in [0, 0.05) is 7.05 Å². The minimum Gasteiger partial charge on any atom is -0.481 e. The quantitative estimate of drug-likeness (QED) is 0.572. The Hall–Kier alpha value is -0.610. The maximum atomic E-state index is 10.2. The van der Waals surface area contributed by atoms with Crippen molar-refractivity contribution in [1.82, 2.24) is 5.06 Å². The van der Waals surface area contributed by atoms with Crippen LogP contribution in [0.15, 0.2) is 0 Å². The summed E-state index contributed by atoms with van der Waals surface area (Å²) in [6, 6.07) is 0. The van der Waals surface area contributed by atoms with Crippen LogP contribution in [-0.2, 0) is 4.79 Å². The van der Waals surface area contributed by atoms with Crippen molar-refractivity contribution in [3.05, 3.63) is 0 Å². The Morgan fingerprint density at radius 2 is 2.00 bits per heavy atom. The third-order valence-corrected chi connectivity index (χ3v) is 1.46. The lowest BCUT2D eigenvalue weighted by atomic mass is 10.0. The van der Waals surface area contributed by atoms with Gasteiger partial charge >= 0.3 is 5.97 Å². The van der Waals surface area contributed by atoms with Gasteiger partial charge in [0.05, 0.1) is 12.0 Å². The summed E-state index contributed by atoms with van der Waals surface area (Å²) >= 11 is 0. The number of carboxylic acid groups (broad SMARTS) is 1. The third-order valence-electron chi connectivity index (χ3n) is 1.46. The van der Waals surface area contributed by atoms with Crippen LogP contribution in [0, 0.1) is 0 Å². The predicted octanol–water partition coefficient (Wildman–Crippen LogP) is 0.561. The van der Waals surface area contributed by atoms with E-state index < -0.39 is 11.5 Å². The molecule has 0 aliphatic rings. The molecule has 0 aliphatic heterocycles. The normalized spacial score (nSPS) is 12.1. The molecule has 0 unspecified atom stereocenters. The highest BCUT2D eigenvalue weighted by atomic mass is 16.5. The van der Waals surface area contributed by atoms with Gasteiger partial charge in [-0.05, 0) is 13.8 Å². The van der Waals surface area contributed by atoms with Gasteiger partial charge in [0.15, 0.2) is 0 Å². The molecule has 0 aromatic rings. The van der Waals surface area contributed by atoms with Crippen molar-refractivity contribution < 1.29 is 15.1 Å². The average molecular weight is 147 g/mol. The summed E-state index contributed by atoms with van der Waals surface area (Å²) in [5, 5.41) is 18.2. The number of carboxylic acids is 1. The molecule has 0 atom stereocenters. The van der Waals surface area contributed by atoms with Crippen LogP contribution in [0.1, 0.15) is 20.3 Å². The maximum absolute atomic E-state index is 10.2. The molecule has 0 amide bonds.